The van der Waals surface area contributed by atoms with E-state index in [9.17, 15) is 0 Å². The molecule has 2 saturated heterocycles. The van der Waals surface area contributed by atoms with Gasteiger partial charge >= 0.3 is 0 Å². The lowest BCUT2D eigenvalue weighted by Crippen LogP contribution is -2.41. The highest BCUT2D eigenvalue weighted by atomic mass is 32.2. The molecule has 0 aromatic carbocycles. The van der Waals surface area contributed by atoms with Crippen LogP contribution in [0.2, 0.25) is 0 Å². The summed E-state index contributed by atoms with van der Waals surface area (Å²) in [6.45, 7) is 8.21. The third kappa shape index (κ3) is 1.82. The molecule has 0 aromatic heterocycles. The van der Waals surface area contributed by atoms with E-state index in [2.05, 4.69) is 18.7 Å². The predicted molar refractivity (Wildman–Crippen MR) is 61.4 cm³/mol. The van der Waals surface area contributed by atoms with Crippen LogP contribution >= 0.6 is 12.0 Å². The fourth-order valence-electron chi connectivity index (χ4n) is 3.29. The van der Waals surface area contributed by atoms with Crippen LogP contribution in [0, 0.1) is 5.41 Å². The molecule has 3 heteroatoms. The molecule has 1 unspecified atom stereocenters. The first kappa shape index (κ1) is 10.8. The van der Waals surface area contributed by atoms with Gasteiger partial charge in [0.1, 0.15) is 0 Å². The highest BCUT2D eigenvalue weighted by Gasteiger charge is 2.51. The van der Waals surface area contributed by atoms with E-state index in [4.69, 9.17) is 4.18 Å². The van der Waals surface area contributed by atoms with Crippen molar-refractivity contribution in [3.05, 3.63) is 0 Å². The van der Waals surface area contributed by atoms with Gasteiger partial charge < -0.3 is 4.18 Å². The monoisotopic (exact) mass is 215 g/mol. The zero-order valence-electron chi connectivity index (χ0n) is 9.51. The fraction of sp³-hybridized carbons (Fsp3) is 1.00. The summed E-state index contributed by atoms with van der Waals surface area (Å²) in [4.78, 5) is 2.66. The third-order valence-electron chi connectivity index (χ3n) is 3.61. The van der Waals surface area contributed by atoms with Gasteiger partial charge in [-0.05, 0) is 43.3 Å². The molecular weight excluding hydrogens is 194 g/mol. The molecule has 0 amide bonds. The number of hydrogen-bond acceptors (Lipinski definition) is 3. The topological polar surface area (TPSA) is 12.5 Å². The van der Waals surface area contributed by atoms with Gasteiger partial charge in [-0.1, -0.05) is 13.8 Å². The Hall–Kier alpha value is 0.270. The smallest absolute Gasteiger partial charge is 0.0798 e. The van der Waals surface area contributed by atoms with Crippen LogP contribution in [0.5, 0.6) is 0 Å². The minimum Gasteiger partial charge on any atom is -0.314 e. The Bertz CT molecular complexity index is 219. The normalized spacial score (nSPS) is 36.2. The van der Waals surface area contributed by atoms with Gasteiger partial charge in [0.05, 0.1) is 6.61 Å². The second kappa shape index (κ2) is 3.69. The van der Waals surface area contributed by atoms with E-state index in [1.54, 1.807) is 0 Å². The molecule has 0 bridgehead atoms. The molecule has 2 fully saturated rings. The molecule has 0 spiro atoms. The number of fused-ring (bicyclic) bond motifs is 1. The molecular formula is C11H21NOS. The van der Waals surface area contributed by atoms with Crippen molar-refractivity contribution in [2.75, 3.05) is 26.0 Å². The SMILES string of the molecule is CSOCC12CCCN1CC(C)(C)C2. The number of hydrogen-bond donors (Lipinski definition) is 0. The molecule has 0 saturated carbocycles. The molecule has 2 aliphatic rings. The molecule has 1 atom stereocenters. The molecule has 0 radical (unpaired) electrons. The Morgan fingerprint density at radius 1 is 1.43 bits per heavy atom. The highest BCUT2D eigenvalue weighted by molar-refractivity contribution is 7.93. The molecule has 2 heterocycles. The summed E-state index contributed by atoms with van der Waals surface area (Å²) in [6, 6.07) is 0. The van der Waals surface area contributed by atoms with Gasteiger partial charge in [0.25, 0.3) is 0 Å². The van der Waals surface area contributed by atoms with Gasteiger partial charge in [-0.25, -0.2) is 0 Å². The summed E-state index contributed by atoms with van der Waals surface area (Å²) in [5.74, 6) is 0. The van der Waals surface area contributed by atoms with Gasteiger partial charge in [-0.15, -0.1) is 0 Å². The molecule has 0 aromatic rings. The third-order valence-corrected chi connectivity index (χ3v) is 3.97. The van der Waals surface area contributed by atoms with Crippen molar-refractivity contribution in [1.82, 2.24) is 4.90 Å². The predicted octanol–water partition coefficient (Wildman–Crippen LogP) is 2.55. The molecule has 2 rings (SSSR count). The Labute approximate surface area is 91.6 Å². The maximum atomic E-state index is 5.59. The quantitative estimate of drug-likeness (QED) is 0.671. The standard InChI is InChI=1S/C11H21NOS/c1-10(2)7-11(9-13-14-3)5-4-6-12(11)8-10/h4-9H2,1-3H3. The number of rotatable bonds is 3. The van der Waals surface area contributed by atoms with Crippen molar-refractivity contribution >= 4 is 12.0 Å². The van der Waals surface area contributed by atoms with Crippen molar-refractivity contribution in [3.63, 3.8) is 0 Å². The average Bonchev–Trinajstić information content (AvgIpc) is 2.53. The van der Waals surface area contributed by atoms with E-state index in [0.29, 0.717) is 11.0 Å². The summed E-state index contributed by atoms with van der Waals surface area (Å²) in [5.41, 5.74) is 0.870. The summed E-state index contributed by atoms with van der Waals surface area (Å²) < 4.78 is 5.59. The Kier molecular flexibility index (Phi) is 2.84. The minimum absolute atomic E-state index is 0.381. The second-order valence-corrected chi connectivity index (χ2v) is 6.09. The van der Waals surface area contributed by atoms with Crippen molar-refractivity contribution in [1.29, 1.82) is 0 Å². The maximum Gasteiger partial charge on any atom is 0.0798 e. The van der Waals surface area contributed by atoms with Gasteiger partial charge in [-0.2, -0.15) is 0 Å². The number of nitrogens with zero attached hydrogens (tertiary/aromatic N) is 1. The van der Waals surface area contributed by atoms with Gasteiger partial charge in [-0.3, -0.25) is 4.90 Å². The first-order valence-electron chi connectivity index (χ1n) is 5.49. The van der Waals surface area contributed by atoms with Crippen LogP contribution in [0.3, 0.4) is 0 Å². The van der Waals surface area contributed by atoms with Gasteiger partial charge in [0, 0.05) is 18.3 Å². The average molecular weight is 215 g/mol. The first-order chi connectivity index (χ1) is 6.58. The summed E-state index contributed by atoms with van der Waals surface area (Å²) in [5, 5.41) is 0. The first-order valence-corrected chi connectivity index (χ1v) is 6.64. The Balaban J connectivity index is 2.07. The van der Waals surface area contributed by atoms with E-state index in [-0.39, 0.29) is 0 Å². The van der Waals surface area contributed by atoms with Crippen LogP contribution in [-0.4, -0.2) is 36.4 Å². The van der Waals surface area contributed by atoms with Crippen molar-refractivity contribution < 1.29 is 4.18 Å². The van der Waals surface area contributed by atoms with E-state index in [0.717, 1.165) is 6.61 Å². The molecule has 0 aliphatic carbocycles. The fourth-order valence-corrected chi connectivity index (χ4v) is 3.62. The maximum absolute atomic E-state index is 5.59. The van der Waals surface area contributed by atoms with E-state index >= 15 is 0 Å². The van der Waals surface area contributed by atoms with E-state index in [1.807, 2.05) is 6.26 Å². The summed E-state index contributed by atoms with van der Waals surface area (Å²) in [7, 11) is 0. The van der Waals surface area contributed by atoms with E-state index in [1.165, 1.54) is 44.4 Å². The van der Waals surface area contributed by atoms with Gasteiger partial charge in [0.2, 0.25) is 0 Å². The van der Waals surface area contributed by atoms with Gasteiger partial charge in [0.15, 0.2) is 0 Å². The zero-order valence-corrected chi connectivity index (χ0v) is 10.3. The van der Waals surface area contributed by atoms with Crippen LogP contribution in [0.15, 0.2) is 0 Å². The van der Waals surface area contributed by atoms with Crippen LogP contribution in [0.1, 0.15) is 33.1 Å². The highest BCUT2D eigenvalue weighted by Crippen LogP contribution is 2.47. The van der Waals surface area contributed by atoms with Crippen LogP contribution in [0.25, 0.3) is 0 Å². The lowest BCUT2D eigenvalue weighted by molar-refractivity contribution is 0.127. The molecule has 2 nitrogen and oxygen atoms in total. The molecule has 2 aliphatic heterocycles. The summed E-state index contributed by atoms with van der Waals surface area (Å²) in [6.07, 6.45) is 6.00. The van der Waals surface area contributed by atoms with Crippen molar-refractivity contribution in [3.8, 4) is 0 Å². The van der Waals surface area contributed by atoms with Crippen LogP contribution < -0.4 is 0 Å². The van der Waals surface area contributed by atoms with Crippen LogP contribution in [-0.2, 0) is 4.18 Å². The minimum atomic E-state index is 0.381. The molecule has 14 heavy (non-hydrogen) atoms. The van der Waals surface area contributed by atoms with Crippen LogP contribution in [0.4, 0.5) is 0 Å². The second-order valence-electron chi connectivity index (χ2n) is 5.52. The van der Waals surface area contributed by atoms with Crippen molar-refractivity contribution in [2.45, 2.75) is 38.6 Å². The Morgan fingerprint density at radius 3 is 2.93 bits per heavy atom. The lowest BCUT2D eigenvalue weighted by Gasteiger charge is -2.31. The van der Waals surface area contributed by atoms with E-state index < -0.39 is 0 Å². The molecule has 0 N–H and O–H groups in total. The zero-order chi connectivity index (χ0) is 10.2. The largest absolute Gasteiger partial charge is 0.314 e. The van der Waals surface area contributed by atoms with Crippen molar-refractivity contribution in [2.24, 2.45) is 5.41 Å². The molecule has 82 valence electrons. The Morgan fingerprint density at radius 2 is 2.21 bits per heavy atom. The summed E-state index contributed by atoms with van der Waals surface area (Å²) >= 11 is 1.51. The lowest BCUT2D eigenvalue weighted by atomic mass is 9.83.